The van der Waals surface area contributed by atoms with Gasteiger partial charge in [-0.2, -0.15) is 4.98 Å². The van der Waals surface area contributed by atoms with Gasteiger partial charge in [0.05, 0.1) is 17.1 Å². The van der Waals surface area contributed by atoms with Crippen molar-refractivity contribution >= 4 is 33.4 Å². The normalized spacial score (nSPS) is 10.5. The summed E-state index contributed by atoms with van der Waals surface area (Å²) in [6.07, 6.45) is 1.72. The molecular weight excluding hydrogens is 373 g/mol. The zero-order chi connectivity index (χ0) is 16.9. The van der Waals surface area contributed by atoms with Crippen LogP contribution in [0, 0.1) is 5.82 Å². The summed E-state index contributed by atoms with van der Waals surface area (Å²) in [5.74, 6) is 0.785. The van der Waals surface area contributed by atoms with E-state index in [0.717, 1.165) is 5.69 Å². The molecule has 0 fully saturated rings. The summed E-state index contributed by atoms with van der Waals surface area (Å²) in [6.45, 7) is 2.67. The Bertz CT molecular complexity index is 842. The third-order valence-corrected chi connectivity index (χ3v) is 3.84. The Labute approximate surface area is 147 Å². The summed E-state index contributed by atoms with van der Waals surface area (Å²) in [5.41, 5.74) is 2.16. The predicted molar refractivity (Wildman–Crippen MR) is 96.8 cm³/mol. The van der Waals surface area contributed by atoms with E-state index >= 15 is 0 Å². The Hall–Kier alpha value is -2.54. The summed E-state index contributed by atoms with van der Waals surface area (Å²) < 4.78 is 13.9. The molecule has 0 saturated heterocycles. The van der Waals surface area contributed by atoms with Gasteiger partial charge in [0.25, 0.3) is 0 Å². The van der Waals surface area contributed by atoms with Gasteiger partial charge in [0.1, 0.15) is 11.6 Å². The topological polar surface area (TPSA) is 62.7 Å². The van der Waals surface area contributed by atoms with Gasteiger partial charge in [0, 0.05) is 23.3 Å². The van der Waals surface area contributed by atoms with Gasteiger partial charge >= 0.3 is 0 Å². The summed E-state index contributed by atoms with van der Waals surface area (Å²) >= 11 is 3.34. The van der Waals surface area contributed by atoms with E-state index in [1.54, 1.807) is 18.3 Å². The zero-order valence-corrected chi connectivity index (χ0v) is 14.5. The predicted octanol–water partition coefficient (Wildman–Crippen LogP) is 4.62. The average molecular weight is 388 g/mol. The molecule has 2 aromatic heterocycles. The molecule has 122 valence electrons. The molecule has 7 heteroatoms. The van der Waals surface area contributed by atoms with Crippen molar-refractivity contribution in [2.45, 2.75) is 6.92 Å². The third kappa shape index (κ3) is 3.86. The number of benzene rings is 1. The van der Waals surface area contributed by atoms with E-state index < -0.39 is 0 Å². The van der Waals surface area contributed by atoms with Crippen LogP contribution in [0.25, 0.3) is 11.4 Å². The highest BCUT2D eigenvalue weighted by Crippen LogP contribution is 2.27. The number of nitrogens with zero attached hydrogens (tertiary/aromatic N) is 3. The Kier molecular flexibility index (Phi) is 5.00. The van der Waals surface area contributed by atoms with Crippen molar-refractivity contribution in [3.63, 3.8) is 0 Å². The van der Waals surface area contributed by atoms with Gasteiger partial charge in [0.15, 0.2) is 0 Å². The van der Waals surface area contributed by atoms with Crippen molar-refractivity contribution < 1.29 is 4.39 Å². The monoisotopic (exact) mass is 387 g/mol. The van der Waals surface area contributed by atoms with Gasteiger partial charge < -0.3 is 10.6 Å². The Morgan fingerprint density at radius 2 is 1.96 bits per heavy atom. The number of hydrogen-bond donors (Lipinski definition) is 2. The maximum Gasteiger partial charge on any atom is 0.225 e. The first-order chi connectivity index (χ1) is 11.7. The molecule has 3 aromatic rings. The molecule has 3 rings (SSSR count). The zero-order valence-electron chi connectivity index (χ0n) is 12.9. The summed E-state index contributed by atoms with van der Waals surface area (Å²) in [4.78, 5) is 13.2. The Balaban J connectivity index is 1.99. The van der Waals surface area contributed by atoms with Crippen LogP contribution in [0.1, 0.15) is 6.92 Å². The molecule has 0 radical (unpaired) electrons. The summed E-state index contributed by atoms with van der Waals surface area (Å²) in [7, 11) is 0. The van der Waals surface area contributed by atoms with E-state index in [1.807, 2.05) is 25.1 Å². The molecule has 2 N–H and O–H groups in total. The van der Waals surface area contributed by atoms with Gasteiger partial charge in [-0.3, -0.25) is 4.98 Å². The molecule has 0 aliphatic rings. The van der Waals surface area contributed by atoms with Crippen molar-refractivity contribution in [1.29, 1.82) is 0 Å². The first kappa shape index (κ1) is 16.3. The molecule has 5 nitrogen and oxygen atoms in total. The fraction of sp³-hybridized carbons (Fsp3) is 0.118. The van der Waals surface area contributed by atoms with Crippen LogP contribution in [-0.2, 0) is 0 Å². The van der Waals surface area contributed by atoms with Crippen molar-refractivity contribution in [3.8, 4) is 11.4 Å². The molecule has 24 heavy (non-hydrogen) atoms. The minimum atomic E-state index is -0.308. The molecule has 2 heterocycles. The lowest BCUT2D eigenvalue weighted by molar-refractivity contribution is 0.627. The van der Waals surface area contributed by atoms with E-state index in [-0.39, 0.29) is 5.82 Å². The van der Waals surface area contributed by atoms with Crippen molar-refractivity contribution in [2.24, 2.45) is 0 Å². The van der Waals surface area contributed by atoms with Crippen LogP contribution in [0.4, 0.5) is 21.8 Å². The maximum atomic E-state index is 13.2. The number of nitrogens with one attached hydrogen (secondary N) is 2. The molecule has 0 amide bonds. The maximum absolute atomic E-state index is 13.2. The van der Waals surface area contributed by atoms with Crippen LogP contribution < -0.4 is 10.6 Å². The molecule has 1 aromatic carbocycles. The highest BCUT2D eigenvalue weighted by atomic mass is 79.9. The van der Waals surface area contributed by atoms with Gasteiger partial charge in [-0.25, -0.2) is 9.37 Å². The summed E-state index contributed by atoms with van der Waals surface area (Å²) in [6, 6.07) is 11.9. The number of halogens is 2. The fourth-order valence-corrected chi connectivity index (χ4v) is 2.57. The molecule has 0 aliphatic carbocycles. The van der Waals surface area contributed by atoms with Gasteiger partial charge in [-0.15, -0.1) is 0 Å². The SMILES string of the molecule is CCNc1nc(Nc2ccc(F)cc2Br)cc(-c2ccccn2)n1. The first-order valence-corrected chi connectivity index (χ1v) is 8.21. The number of aromatic nitrogens is 3. The van der Waals surface area contributed by atoms with E-state index in [2.05, 4.69) is 41.5 Å². The minimum absolute atomic E-state index is 0.308. The number of hydrogen-bond acceptors (Lipinski definition) is 5. The molecule has 0 atom stereocenters. The van der Waals surface area contributed by atoms with E-state index in [0.29, 0.717) is 34.2 Å². The van der Waals surface area contributed by atoms with Crippen molar-refractivity contribution in [3.05, 3.63) is 59.0 Å². The van der Waals surface area contributed by atoms with Crippen LogP contribution >= 0.6 is 15.9 Å². The van der Waals surface area contributed by atoms with E-state index in [4.69, 9.17) is 0 Å². The standard InChI is InChI=1S/C17H15BrFN5/c1-2-20-17-23-15(14-5-3-4-8-21-14)10-16(24-17)22-13-7-6-11(19)9-12(13)18/h3-10H,2H2,1H3,(H2,20,22,23,24). The minimum Gasteiger partial charge on any atom is -0.354 e. The number of rotatable bonds is 5. The number of pyridine rings is 1. The van der Waals surface area contributed by atoms with Gasteiger partial charge in [-0.1, -0.05) is 6.07 Å². The molecule has 0 unspecified atom stereocenters. The fourth-order valence-electron chi connectivity index (χ4n) is 2.12. The average Bonchev–Trinajstić information content (AvgIpc) is 2.58. The second-order valence-electron chi connectivity index (χ2n) is 4.96. The van der Waals surface area contributed by atoms with Gasteiger partial charge in [0.2, 0.25) is 5.95 Å². The lowest BCUT2D eigenvalue weighted by Gasteiger charge is -2.11. The molecular formula is C17H15BrFN5. The quantitative estimate of drug-likeness (QED) is 0.668. The molecule has 0 spiro atoms. The molecule has 0 aliphatic heterocycles. The van der Waals surface area contributed by atoms with Crippen molar-refractivity contribution in [2.75, 3.05) is 17.2 Å². The second-order valence-corrected chi connectivity index (χ2v) is 5.81. The largest absolute Gasteiger partial charge is 0.354 e. The number of anilines is 3. The highest BCUT2D eigenvalue weighted by Gasteiger charge is 2.09. The first-order valence-electron chi connectivity index (χ1n) is 7.42. The lowest BCUT2D eigenvalue weighted by atomic mass is 10.2. The van der Waals surface area contributed by atoms with Crippen molar-refractivity contribution in [1.82, 2.24) is 15.0 Å². The van der Waals surface area contributed by atoms with Crippen LogP contribution in [0.15, 0.2) is 53.1 Å². The Morgan fingerprint density at radius 1 is 1.08 bits per heavy atom. The lowest BCUT2D eigenvalue weighted by Crippen LogP contribution is -2.06. The van der Waals surface area contributed by atoms with Crippen LogP contribution in [0.3, 0.4) is 0 Å². The van der Waals surface area contributed by atoms with Crippen LogP contribution in [-0.4, -0.2) is 21.5 Å². The van der Waals surface area contributed by atoms with Gasteiger partial charge in [-0.05, 0) is 53.2 Å². The van der Waals surface area contributed by atoms with Crippen LogP contribution in [0.2, 0.25) is 0 Å². The third-order valence-electron chi connectivity index (χ3n) is 3.18. The van der Waals surface area contributed by atoms with Crippen LogP contribution in [0.5, 0.6) is 0 Å². The second kappa shape index (κ2) is 7.35. The Morgan fingerprint density at radius 3 is 2.67 bits per heavy atom. The van der Waals surface area contributed by atoms with E-state index in [1.165, 1.54) is 12.1 Å². The molecule has 0 saturated carbocycles. The van der Waals surface area contributed by atoms with E-state index in [9.17, 15) is 4.39 Å². The highest BCUT2D eigenvalue weighted by molar-refractivity contribution is 9.10. The smallest absolute Gasteiger partial charge is 0.225 e. The molecule has 0 bridgehead atoms. The summed E-state index contributed by atoms with van der Waals surface area (Å²) in [5, 5.41) is 6.28.